The first kappa shape index (κ1) is 19.0. The number of rotatable bonds is 6. The number of benzene rings is 1. The fourth-order valence-electron chi connectivity index (χ4n) is 2.30. The number of sulfone groups is 1. The lowest BCUT2D eigenvalue weighted by molar-refractivity contribution is 0.590. The summed E-state index contributed by atoms with van der Waals surface area (Å²) in [6, 6.07) is 8.39. The Morgan fingerprint density at radius 1 is 1.12 bits per heavy atom. The van der Waals surface area contributed by atoms with E-state index in [2.05, 4.69) is 55.2 Å². The van der Waals surface area contributed by atoms with Crippen LogP contribution in [0.3, 0.4) is 0 Å². The number of nitrogens with zero attached hydrogens (tertiary/aromatic N) is 3. The molecule has 5 nitrogen and oxygen atoms in total. The van der Waals surface area contributed by atoms with Crippen LogP contribution in [0.15, 0.2) is 29.4 Å². The fourth-order valence-corrected chi connectivity index (χ4v) is 4.49. The molecule has 0 unspecified atom stereocenters. The summed E-state index contributed by atoms with van der Waals surface area (Å²) in [6.07, 6.45) is 1.25. The molecule has 0 radical (unpaired) electrons. The molecule has 2 rings (SSSR count). The van der Waals surface area contributed by atoms with Crippen molar-refractivity contribution in [2.24, 2.45) is 0 Å². The summed E-state index contributed by atoms with van der Waals surface area (Å²) in [5.74, 6) is 1.45. The Morgan fingerprint density at radius 2 is 1.75 bits per heavy atom. The molecule has 132 valence electrons. The van der Waals surface area contributed by atoms with E-state index in [1.54, 1.807) is 0 Å². The van der Waals surface area contributed by atoms with Crippen molar-refractivity contribution < 1.29 is 8.42 Å². The summed E-state index contributed by atoms with van der Waals surface area (Å²) in [4.78, 5) is 0. The molecular weight excluding hydrogens is 342 g/mol. The molecule has 24 heavy (non-hydrogen) atoms. The van der Waals surface area contributed by atoms with Crippen LogP contribution in [0.5, 0.6) is 0 Å². The zero-order valence-corrected chi connectivity index (χ0v) is 16.5. The highest BCUT2D eigenvalue weighted by atomic mass is 32.2. The van der Waals surface area contributed by atoms with Crippen LogP contribution < -0.4 is 0 Å². The standard InChI is InChI=1S/C17H25N3O2S2/c1-6-20-15(13-7-9-14(10-8-13)17(2,3)4)18-19-16(20)23-11-12-24(5,21)22/h7-10H,6,11-12H2,1-5H3. The Kier molecular flexibility index (Phi) is 5.75. The monoisotopic (exact) mass is 367 g/mol. The third-order valence-corrected chi connectivity index (χ3v) is 5.90. The van der Waals surface area contributed by atoms with Gasteiger partial charge in [0.15, 0.2) is 11.0 Å². The minimum atomic E-state index is -2.96. The average Bonchev–Trinajstić information content (AvgIpc) is 2.88. The highest BCUT2D eigenvalue weighted by molar-refractivity contribution is 8.00. The Bertz CT molecular complexity index is 788. The molecule has 7 heteroatoms. The maximum absolute atomic E-state index is 11.3. The van der Waals surface area contributed by atoms with Gasteiger partial charge in [0.2, 0.25) is 0 Å². The molecule has 0 fully saturated rings. The molecule has 0 saturated heterocycles. The van der Waals surface area contributed by atoms with Crippen molar-refractivity contribution in [1.82, 2.24) is 14.8 Å². The second-order valence-electron chi connectivity index (χ2n) is 6.86. The van der Waals surface area contributed by atoms with Crippen molar-refractivity contribution in [2.45, 2.75) is 44.8 Å². The molecule has 1 heterocycles. The minimum Gasteiger partial charge on any atom is -0.302 e. The van der Waals surface area contributed by atoms with Gasteiger partial charge in [0, 0.05) is 24.1 Å². The number of thioether (sulfide) groups is 1. The highest BCUT2D eigenvalue weighted by Crippen LogP contribution is 2.27. The molecule has 0 amide bonds. The van der Waals surface area contributed by atoms with Crippen LogP contribution >= 0.6 is 11.8 Å². The van der Waals surface area contributed by atoms with E-state index in [9.17, 15) is 8.42 Å². The van der Waals surface area contributed by atoms with Gasteiger partial charge in [-0.2, -0.15) is 0 Å². The van der Waals surface area contributed by atoms with Gasteiger partial charge >= 0.3 is 0 Å². The quantitative estimate of drug-likeness (QED) is 0.732. The van der Waals surface area contributed by atoms with Gasteiger partial charge in [-0.25, -0.2) is 8.42 Å². The molecule has 1 aromatic carbocycles. The molecule has 1 aromatic heterocycles. The molecule has 0 atom stereocenters. The molecule has 2 aromatic rings. The lowest BCUT2D eigenvalue weighted by Crippen LogP contribution is -2.10. The molecule has 0 bridgehead atoms. The topological polar surface area (TPSA) is 64.8 Å². The van der Waals surface area contributed by atoms with Gasteiger partial charge in [0.1, 0.15) is 9.84 Å². The molecule has 0 saturated carbocycles. The predicted octanol–water partition coefficient (Wildman–Crippen LogP) is 3.40. The lowest BCUT2D eigenvalue weighted by Gasteiger charge is -2.19. The van der Waals surface area contributed by atoms with Crippen molar-refractivity contribution in [1.29, 1.82) is 0 Å². The van der Waals surface area contributed by atoms with Gasteiger partial charge in [-0.3, -0.25) is 0 Å². The van der Waals surface area contributed by atoms with Crippen molar-refractivity contribution in [3.05, 3.63) is 29.8 Å². The maximum Gasteiger partial charge on any atom is 0.191 e. The van der Waals surface area contributed by atoms with Crippen molar-refractivity contribution in [3.8, 4) is 11.4 Å². The van der Waals surface area contributed by atoms with E-state index in [1.807, 2.05) is 11.5 Å². The van der Waals surface area contributed by atoms with E-state index in [-0.39, 0.29) is 11.2 Å². The Hall–Kier alpha value is -1.34. The van der Waals surface area contributed by atoms with E-state index < -0.39 is 9.84 Å². The van der Waals surface area contributed by atoms with Crippen LogP contribution in [-0.2, 0) is 21.8 Å². The van der Waals surface area contributed by atoms with Gasteiger partial charge in [-0.1, -0.05) is 56.8 Å². The van der Waals surface area contributed by atoms with E-state index in [1.165, 1.54) is 23.6 Å². The van der Waals surface area contributed by atoms with Crippen LogP contribution in [0.2, 0.25) is 0 Å². The van der Waals surface area contributed by atoms with Crippen LogP contribution in [0, 0.1) is 0 Å². The zero-order valence-electron chi connectivity index (χ0n) is 14.9. The van der Waals surface area contributed by atoms with E-state index in [0.29, 0.717) is 5.75 Å². The van der Waals surface area contributed by atoms with Gasteiger partial charge in [0.25, 0.3) is 0 Å². The van der Waals surface area contributed by atoms with E-state index >= 15 is 0 Å². The number of hydrogen-bond acceptors (Lipinski definition) is 5. The van der Waals surface area contributed by atoms with Crippen LogP contribution in [0.4, 0.5) is 0 Å². The third-order valence-electron chi connectivity index (χ3n) is 3.73. The first-order valence-corrected chi connectivity index (χ1v) is 11.0. The smallest absolute Gasteiger partial charge is 0.191 e. The van der Waals surface area contributed by atoms with Gasteiger partial charge in [-0.05, 0) is 17.9 Å². The minimum absolute atomic E-state index is 0.115. The van der Waals surface area contributed by atoms with E-state index in [0.717, 1.165) is 23.1 Å². The van der Waals surface area contributed by atoms with E-state index in [4.69, 9.17) is 0 Å². The Labute approximate surface area is 148 Å². The Morgan fingerprint density at radius 3 is 2.25 bits per heavy atom. The number of hydrogen-bond donors (Lipinski definition) is 0. The summed E-state index contributed by atoms with van der Waals surface area (Å²) >= 11 is 1.43. The summed E-state index contributed by atoms with van der Waals surface area (Å²) < 4.78 is 24.5. The van der Waals surface area contributed by atoms with Crippen LogP contribution in [-0.4, -0.2) is 40.9 Å². The van der Waals surface area contributed by atoms with Crippen LogP contribution in [0.25, 0.3) is 11.4 Å². The molecule has 0 aliphatic heterocycles. The molecular formula is C17H25N3O2S2. The largest absolute Gasteiger partial charge is 0.302 e. The van der Waals surface area contributed by atoms with Gasteiger partial charge < -0.3 is 4.57 Å². The summed E-state index contributed by atoms with van der Waals surface area (Å²) in [5.41, 5.74) is 2.41. The van der Waals surface area contributed by atoms with Gasteiger partial charge in [0.05, 0.1) is 5.75 Å². The first-order chi connectivity index (χ1) is 11.1. The molecule has 0 aliphatic carbocycles. The predicted molar refractivity (Wildman–Crippen MR) is 100 cm³/mol. The highest BCUT2D eigenvalue weighted by Gasteiger charge is 2.16. The fraction of sp³-hybridized carbons (Fsp3) is 0.529. The Balaban J connectivity index is 2.22. The summed E-state index contributed by atoms with van der Waals surface area (Å²) in [6.45, 7) is 9.34. The van der Waals surface area contributed by atoms with Crippen molar-refractivity contribution >= 4 is 21.6 Å². The SMILES string of the molecule is CCn1c(SCCS(C)(=O)=O)nnc1-c1ccc(C(C)(C)C)cc1. The molecule has 0 aliphatic rings. The summed E-state index contributed by atoms with van der Waals surface area (Å²) in [7, 11) is -2.96. The van der Waals surface area contributed by atoms with Crippen molar-refractivity contribution in [2.75, 3.05) is 17.8 Å². The molecule has 0 spiro atoms. The van der Waals surface area contributed by atoms with Gasteiger partial charge in [-0.15, -0.1) is 10.2 Å². The maximum atomic E-state index is 11.3. The second kappa shape index (κ2) is 7.27. The lowest BCUT2D eigenvalue weighted by atomic mass is 9.87. The normalized spacial score (nSPS) is 12.5. The molecule has 0 N–H and O–H groups in total. The zero-order chi connectivity index (χ0) is 18.0. The van der Waals surface area contributed by atoms with Crippen molar-refractivity contribution in [3.63, 3.8) is 0 Å². The average molecular weight is 368 g/mol. The van der Waals surface area contributed by atoms with Crippen LogP contribution in [0.1, 0.15) is 33.3 Å². The third kappa shape index (κ3) is 4.83. The summed E-state index contributed by atoms with van der Waals surface area (Å²) in [5, 5.41) is 9.30. The number of aromatic nitrogens is 3. The first-order valence-electron chi connectivity index (χ1n) is 7.96. The second-order valence-corrected chi connectivity index (χ2v) is 10.2.